The molecular weight excluding hydrogens is 169 g/mol. The summed E-state index contributed by atoms with van der Waals surface area (Å²) in [4.78, 5) is 4.16. The molecule has 2 rings (SSSR count). The summed E-state index contributed by atoms with van der Waals surface area (Å²) in [7, 11) is 0. The monoisotopic (exact) mass is 183 g/mol. The molecule has 1 aromatic heterocycles. The van der Waals surface area contributed by atoms with Crippen LogP contribution in [0.15, 0.2) is 24.4 Å². The first-order valence-electron chi connectivity index (χ1n) is 4.93. The van der Waals surface area contributed by atoms with Crippen molar-refractivity contribution in [2.45, 2.75) is 37.7 Å². The second kappa shape index (κ2) is 4.98. The zero-order valence-corrected chi connectivity index (χ0v) is 8.70. The number of hydrogen-bond acceptors (Lipinski definition) is 2. The first-order valence-corrected chi connectivity index (χ1v) is 4.93. The van der Waals surface area contributed by atoms with E-state index >= 15 is 0 Å². The van der Waals surface area contributed by atoms with E-state index in [9.17, 15) is 5.11 Å². The van der Waals surface area contributed by atoms with Crippen LogP contribution in [0.2, 0.25) is 0 Å². The van der Waals surface area contributed by atoms with E-state index in [1.807, 2.05) is 18.2 Å². The third kappa shape index (κ3) is 2.39. The van der Waals surface area contributed by atoms with Gasteiger partial charge in [0, 0.05) is 11.9 Å². The van der Waals surface area contributed by atoms with Gasteiger partial charge < -0.3 is 5.11 Å². The number of pyridine rings is 1. The summed E-state index contributed by atoms with van der Waals surface area (Å²) in [5.41, 5.74) is -0.158. The van der Waals surface area contributed by atoms with Crippen molar-refractivity contribution in [3.8, 4) is 0 Å². The molecule has 0 aliphatic heterocycles. The minimum absolute atomic E-state index is 0. The molecule has 1 saturated carbocycles. The Bertz CT molecular complexity index is 270. The van der Waals surface area contributed by atoms with Crippen LogP contribution < -0.4 is 24.0 Å². The van der Waals surface area contributed by atoms with Crippen LogP contribution in [0, 0.1) is 0 Å². The molecule has 1 fully saturated rings. The SMILES string of the molecule is [Li+].[O-]C1(c2ccccn2)CCCCC1. The maximum atomic E-state index is 12.3. The van der Waals surface area contributed by atoms with Crippen molar-refractivity contribution < 1.29 is 24.0 Å². The third-order valence-corrected chi connectivity index (χ3v) is 2.79. The Labute approximate surface area is 96.9 Å². The van der Waals surface area contributed by atoms with Crippen LogP contribution in [0.4, 0.5) is 0 Å². The Morgan fingerprint density at radius 3 is 2.43 bits per heavy atom. The number of hydrogen-bond donors (Lipinski definition) is 0. The summed E-state index contributed by atoms with van der Waals surface area (Å²) in [6.45, 7) is 0. The van der Waals surface area contributed by atoms with Gasteiger partial charge in [0.25, 0.3) is 0 Å². The summed E-state index contributed by atoms with van der Waals surface area (Å²) >= 11 is 0. The molecule has 0 radical (unpaired) electrons. The number of nitrogens with zero attached hydrogens (tertiary/aromatic N) is 1. The van der Waals surface area contributed by atoms with Crippen LogP contribution in [0.3, 0.4) is 0 Å². The standard InChI is InChI=1S/C11H14NO.Li/c13-11(7-3-1-4-8-11)10-6-2-5-9-12-10;/h2,5-6,9H,1,3-4,7-8H2;/q-1;+1. The molecule has 1 heterocycles. The van der Waals surface area contributed by atoms with Crippen molar-refractivity contribution in [1.29, 1.82) is 0 Å². The average Bonchev–Trinajstić information content (AvgIpc) is 2.20. The van der Waals surface area contributed by atoms with Crippen molar-refractivity contribution in [3.63, 3.8) is 0 Å². The molecular formula is C11H14LiNO. The van der Waals surface area contributed by atoms with Gasteiger partial charge in [-0.3, -0.25) is 4.98 Å². The molecule has 0 atom stereocenters. The van der Waals surface area contributed by atoms with Crippen LogP contribution in [0.25, 0.3) is 0 Å². The van der Waals surface area contributed by atoms with Crippen molar-refractivity contribution in [2.75, 3.05) is 0 Å². The summed E-state index contributed by atoms with van der Waals surface area (Å²) in [6, 6.07) is 5.62. The minimum atomic E-state index is -0.889. The van der Waals surface area contributed by atoms with Crippen molar-refractivity contribution >= 4 is 0 Å². The van der Waals surface area contributed by atoms with E-state index in [1.165, 1.54) is 6.42 Å². The first kappa shape index (κ1) is 11.8. The topological polar surface area (TPSA) is 36.0 Å². The van der Waals surface area contributed by atoms with Crippen LogP contribution in [-0.2, 0) is 5.60 Å². The Balaban J connectivity index is 0.000000980. The number of rotatable bonds is 1. The van der Waals surface area contributed by atoms with E-state index in [1.54, 1.807) is 6.20 Å². The van der Waals surface area contributed by atoms with Gasteiger partial charge in [0.2, 0.25) is 0 Å². The smallest absolute Gasteiger partial charge is 0.845 e. The molecule has 1 aromatic rings. The van der Waals surface area contributed by atoms with E-state index in [0.717, 1.165) is 31.4 Å². The van der Waals surface area contributed by atoms with Crippen molar-refractivity contribution in [2.24, 2.45) is 0 Å². The zero-order chi connectivity index (χ0) is 9.15. The van der Waals surface area contributed by atoms with Crippen LogP contribution in [-0.4, -0.2) is 4.98 Å². The molecule has 0 spiro atoms. The summed E-state index contributed by atoms with van der Waals surface area (Å²) in [5.74, 6) is 0. The Kier molecular flexibility index (Phi) is 4.19. The van der Waals surface area contributed by atoms with Gasteiger partial charge in [-0.15, -0.1) is 0 Å². The van der Waals surface area contributed by atoms with E-state index in [0.29, 0.717) is 0 Å². The van der Waals surface area contributed by atoms with Crippen LogP contribution in [0.1, 0.15) is 37.8 Å². The molecule has 0 amide bonds. The molecule has 0 unspecified atom stereocenters. The molecule has 0 bridgehead atoms. The molecule has 3 heteroatoms. The quantitative estimate of drug-likeness (QED) is 0.502. The van der Waals surface area contributed by atoms with Gasteiger partial charge in [-0.2, -0.15) is 0 Å². The summed E-state index contributed by atoms with van der Waals surface area (Å²) in [5, 5.41) is 12.3. The molecule has 14 heavy (non-hydrogen) atoms. The van der Waals surface area contributed by atoms with Gasteiger partial charge in [-0.05, 0) is 12.1 Å². The Morgan fingerprint density at radius 1 is 1.14 bits per heavy atom. The normalized spacial score (nSPS) is 19.8. The Hall–Kier alpha value is -0.293. The van der Waals surface area contributed by atoms with Crippen molar-refractivity contribution in [1.82, 2.24) is 4.98 Å². The number of aromatic nitrogens is 1. The summed E-state index contributed by atoms with van der Waals surface area (Å²) < 4.78 is 0. The third-order valence-electron chi connectivity index (χ3n) is 2.79. The first-order chi connectivity index (χ1) is 6.31. The fourth-order valence-electron chi connectivity index (χ4n) is 2.01. The fraction of sp³-hybridized carbons (Fsp3) is 0.545. The maximum absolute atomic E-state index is 12.3. The largest absolute Gasteiger partial charge is 1.00 e. The van der Waals surface area contributed by atoms with Gasteiger partial charge in [-0.1, -0.05) is 43.8 Å². The van der Waals surface area contributed by atoms with E-state index < -0.39 is 5.60 Å². The molecule has 2 nitrogen and oxygen atoms in total. The van der Waals surface area contributed by atoms with Crippen molar-refractivity contribution in [3.05, 3.63) is 30.1 Å². The Morgan fingerprint density at radius 2 is 1.86 bits per heavy atom. The second-order valence-corrected chi connectivity index (χ2v) is 3.77. The minimum Gasteiger partial charge on any atom is -0.845 e. The second-order valence-electron chi connectivity index (χ2n) is 3.77. The average molecular weight is 183 g/mol. The molecule has 1 aliphatic carbocycles. The zero-order valence-electron chi connectivity index (χ0n) is 8.70. The van der Waals surface area contributed by atoms with Gasteiger partial charge >= 0.3 is 18.9 Å². The van der Waals surface area contributed by atoms with E-state index in [-0.39, 0.29) is 18.9 Å². The van der Waals surface area contributed by atoms with Crippen LogP contribution in [0.5, 0.6) is 0 Å². The van der Waals surface area contributed by atoms with Gasteiger partial charge in [0.15, 0.2) is 0 Å². The summed E-state index contributed by atoms with van der Waals surface area (Å²) in [6.07, 6.45) is 6.54. The van der Waals surface area contributed by atoms with Gasteiger partial charge in [-0.25, -0.2) is 0 Å². The molecule has 0 N–H and O–H groups in total. The maximum Gasteiger partial charge on any atom is 1.00 e. The van der Waals surface area contributed by atoms with Gasteiger partial charge in [0.1, 0.15) is 0 Å². The van der Waals surface area contributed by atoms with Gasteiger partial charge in [0.05, 0.1) is 0 Å². The molecule has 1 aliphatic rings. The van der Waals surface area contributed by atoms with Crippen LogP contribution >= 0.6 is 0 Å². The molecule has 0 aromatic carbocycles. The van der Waals surface area contributed by atoms with E-state index in [2.05, 4.69) is 4.98 Å². The molecule has 0 saturated heterocycles. The predicted molar refractivity (Wildman–Crippen MR) is 49.0 cm³/mol. The molecule has 70 valence electrons. The fourth-order valence-corrected chi connectivity index (χ4v) is 2.01. The van der Waals surface area contributed by atoms with E-state index in [4.69, 9.17) is 0 Å². The predicted octanol–water partition coefficient (Wildman–Crippen LogP) is -1.39.